The Morgan fingerprint density at radius 3 is 2.21 bits per heavy atom. The number of likely N-dealkylation sites (N-methyl/N-ethyl adjacent to an activating group) is 1. The fourth-order valence-electron chi connectivity index (χ4n) is 1.55. The number of nitrogens with zero attached hydrogens (tertiary/aromatic N) is 4. The zero-order valence-corrected chi connectivity index (χ0v) is 11.7. The van der Waals surface area contributed by atoms with Gasteiger partial charge in [0.25, 0.3) is 0 Å². The van der Waals surface area contributed by atoms with E-state index in [2.05, 4.69) is 10.3 Å². The van der Waals surface area contributed by atoms with E-state index in [9.17, 15) is 4.79 Å². The van der Waals surface area contributed by atoms with E-state index >= 15 is 0 Å². The molecule has 104 valence electrons. The van der Waals surface area contributed by atoms with Crippen LogP contribution in [-0.4, -0.2) is 55.2 Å². The summed E-state index contributed by atoms with van der Waals surface area (Å²) in [6, 6.07) is 6.90. The van der Waals surface area contributed by atoms with Gasteiger partial charge in [0, 0.05) is 14.1 Å². The summed E-state index contributed by atoms with van der Waals surface area (Å²) >= 11 is 0. The monoisotopic (exact) mass is 264 g/mol. The SMILES string of the molecule is CN(C)/N=N/c1ccc(C[C@@H](C(=O)O)N(C)C)cc1. The second kappa shape index (κ2) is 6.84. The molecular weight excluding hydrogens is 244 g/mol. The van der Waals surface area contributed by atoms with Crippen molar-refractivity contribution in [2.45, 2.75) is 12.5 Å². The Kier molecular flexibility index (Phi) is 5.44. The molecule has 0 amide bonds. The number of carbonyl (C=O) groups is 1. The third-order valence-corrected chi connectivity index (χ3v) is 2.61. The first-order valence-corrected chi connectivity index (χ1v) is 5.97. The molecule has 6 heteroatoms. The molecule has 0 aliphatic heterocycles. The summed E-state index contributed by atoms with van der Waals surface area (Å²) in [6.07, 6.45) is 0.466. The molecule has 0 aromatic heterocycles. The van der Waals surface area contributed by atoms with Gasteiger partial charge in [0.2, 0.25) is 0 Å². The Morgan fingerprint density at radius 1 is 1.21 bits per heavy atom. The number of carboxylic acid groups (broad SMARTS) is 1. The molecule has 0 unspecified atom stereocenters. The van der Waals surface area contributed by atoms with Crippen molar-refractivity contribution >= 4 is 11.7 Å². The van der Waals surface area contributed by atoms with Gasteiger partial charge in [-0.1, -0.05) is 17.4 Å². The predicted octanol–water partition coefficient (Wildman–Crippen LogP) is 1.80. The van der Waals surface area contributed by atoms with Gasteiger partial charge in [-0.3, -0.25) is 14.7 Å². The molecule has 0 spiro atoms. The lowest BCUT2D eigenvalue weighted by Crippen LogP contribution is -2.37. The van der Waals surface area contributed by atoms with Crippen LogP contribution in [0.5, 0.6) is 0 Å². The van der Waals surface area contributed by atoms with Crippen molar-refractivity contribution in [1.29, 1.82) is 0 Å². The molecule has 0 heterocycles. The highest BCUT2D eigenvalue weighted by atomic mass is 16.4. The van der Waals surface area contributed by atoms with Crippen LogP contribution in [0.25, 0.3) is 0 Å². The number of rotatable bonds is 6. The van der Waals surface area contributed by atoms with Crippen molar-refractivity contribution in [3.63, 3.8) is 0 Å². The second-order valence-electron chi connectivity index (χ2n) is 4.72. The summed E-state index contributed by atoms with van der Waals surface area (Å²) in [6.45, 7) is 0. The van der Waals surface area contributed by atoms with E-state index in [0.717, 1.165) is 11.3 Å². The maximum atomic E-state index is 11.1. The molecule has 0 radical (unpaired) electrons. The first-order valence-electron chi connectivity index (χ1n) is 5.97. The maximum Gasteiger partial charge on any atom is 0.321 e. The minimum atomic E-state index is -0.818. The molecule has 0 saturated carbocycles. The van der Waals surface area contributed by atoms with Crippen molar-refractivity contribution in [1.82, 2.24) is 9.91 Å². The fraction of sp³-hybridized carbons (Fsp3) is 0.462. The minimum Gasteiger partial charge on any atom is -0.480 e. The topological polar surface area (TPSA) is 68.5 Å². The lowest BCUT2D eigenvalue weighted by Gasteiger charge is -2.19. The summed E-state index contributed by atoms with van der Waals surface area (Å²) < 4.78 is 0. The molecule has 0 aliphatic rings. The van der Waals surface area contributed by atoms with Crippen LogP contribution in [-0.2, 0) is 11.2 Å². The van der Waals surface area contributed by atoms with Crippen LogP contribution < -0.4 is 0 Å². The number of aliphatic carboxylic acids is 1. The lowest BCUT2D eigenvalue weighted by molar-refractivity contribution is -0.142. The quantitative estimate of drug-likeness (QED) is 0.628. The Balaban J connectivity index is 2.73. The third-order valence-electron chi connectivity index (χ3n) is 2.61. The van der Waals surface area contributed by atoms with Crippen molar-refractivity contribution in [3.8, 4) is 0 Å². The number of benzene rings is 1. The van der Waals surface area contributed by atoms with Gasteiger partial charge >= 0.3 is 5.97 Å². The lowest BCUT2D eigenvalue weighted by atomic mass is 10.1. The van der Waals surface area contributed by atoms with Crippen LogP contribution in [0.3, 0.4) is 0 Å². The van der Waals surface area contributed by atoms with Gasteiger partial charge < -0.3 is 5.11 Å². The van der Waals surface area contributed by atoms with Crippen LogP contribution in [0.2, 0.25) is 0 Å². The molecular formula is C13H20N4O2. The van der Waals surface area contributed by atoms with Gasteiger partial charge in [-0.15, -0.1) is 5.11 Å². The van der Waals surface area contributed by atoms with E-state index in [1.54, 1.807) is 38.1 Å². The van der Waals surface area contributed by atoms with E-state index in [1.165, 1.54) is 0 Å². The smallest absolute Gasteiger partial charge is 0.321 e. The van der Waals surface area contributed by atoms with Crippen molar-refractivity contribution in [2.24, 2.45) is 10.3 Å². The van der Waals surface area contributed by atoms with E-state index < -0.39 is 12.0 Å². The molecule has 0 aliphatic carbocycles. The van der Waals surface area contributed by atoms with Gasteiger partial charge in [-0.05, 0) is 38.2 Å². The van der Waals surface area contributed by atoms with Gasteiger partial charge in [0.05, 0.1) is 5.69 Å². The van der Waals surface area contributed by atoms with Crippen LogP contribution >= 0.6 is 0 Å². The van der Waals surface area contributed by atoms with Gasteiger partial charge in [-0.25, -0.2) is 0 Å². The van der Waals surface area contributed by atoms with Crippen LogP contribution in [0.1, 0.15) is 5.56 Å². The number of hydrogen-bond donors (Lipinski definition) is 1. The van der Waals surface area contributed by atoms with E-state index in [0.29, 0.717) is 6.42 Å². The zero-order chi connectivity index (χ0) is 14.4. The number of hydrogen-bond acceptors (Lipinski definition) is 4. The van der Waals surface area contributed by atoms with Crippen molar-refractivity contribution in [2.75, 3.05) is 28.2 Å². The van der Waals surface area contributed by atoms with Crippen LogP contribution in [0, 0.1) is 0 Å². The van der Waals surface area contributed by atoms with E-state index in [1.807, 2.05) is 24.3 Å². The summed E-state index contributed by atoms with van der Waals surface area (Å²) in [7, 11) is 7.12. The average Bonchev–Trinajstić information content (AvgIpc) is 2.34. The van der Waals surface area contributed by atoms with E-state index in [-0.39, 0.29) is 0 Å². The van der Waals surface area contributed by atoms with Crippen LogP contribution in [0.4, 0.5) is 5.69 Å². The Bertz CT molecular complexity index is 440. The highest BCUT2D eigenvalue weighted by molar-refractivity contribution is 5.73. The molecule has 0 bridgehead atoms. The molecule has 1 aromatic rings. The molecule has 1 aromatic carbocycles. The Morgan fingerprint density at radius 2 is 1.79 bits per heavy atom. The predicted molar refractivity (Wildman–Crippen MR) is 73.5 cm³/mol. The summed E-state index contributed by atoms with van der Waals surface area (Å²) in [4.78, 5) is 12.8. The summed E-state index contributed by atoms with van der Waals surface area (Å²) in [5.41, 5.74) is 1.71. The van der Waals surface area contributed by atoms with E-state index in [4.69, 9.17) is 5.11 Å². The highest BCUT2D eigenvalue weighted by Crippen LogP contribution is 2.15. The molecule has 1 N–H and O–H groups in total. The van der Waals surface area contributed by atoms with Crippen molar-refractivity contribution in [3.05, 3.63) is 29.8 Å². The Hall–Kier alpha value is -1.95. The maximum absolute atomic E-state index is 11.1. The highest BCUT2D eigenvalue weighted by Gasteiger charge is 2.19. The molecule has 1 rings (SSSR count). The van der Waals surface area contributed by atoms with Gasteiger partial charge in [0.1, 0.15) is 6.04 Å². The zero-order valence-electron chi connectivity index (χ0n) is 11.7. The normalized spacial score (nSPS) is 12.9. The van der Waals surface area contributed by atoms with Gasteiger partial charge in [-0.2, -0.15) is 0 Å². The summed E-state index contributed by atoms with van der Waals surface area (Å²) in [5, 5.41) is 18.7. The molecule has 1 atom stereocenters. The summed E-state index contributed by atoms with van der Waals surface area (Å²) in [5.74, 6) is -0.818. The second-order valence-corrected chi connectivity index (χ2v) is 4.72. The Labute approximate surface area is 113 Å². The molecule has 6 nitrogen and oxygen atoms in total. The van der Waals surface area contributed by atoms with Crippen LogP contribution in [0.15, 0.2) is 34.6 Å². The molecule has 0 fully saturated rings. The largest absolute Gasteiger partial charge is 0.480 e. The first kappa shape index (κ1) is 15.1. The molecule has 19 heavy (non-hydrogen) atoms. The minimum absolute atomic E-state index is 0.466. The molecule has 0 saturated heterocycles. The third kappa shape index (κ3) is 5.05. The van der Waals surface area contributed by atoms with Gasteiger partial charge in [0.15, 0.2) is 0 Å². The first-order chi connectivity index (χ1) is 8.90. The standard InChI is InChI=1S/C13H20N4O2/c1-16(2)12(13(18)19)9-10-5-7-11(8-6-10)14-15-17(3)4/h5-8,12H,9H2,1-4H3,(H,18,19)/b15-14+/t12-/m0/s1. The van der Waals surface area contributed by atoms with Crippen molar-refractivity contribution < 1.29 is 9.90 Å². The average molecular weight is 264 g/mol. The number of carboxylic acids is 1. The fourth-order valence-corrected chi connectivity index (χ4v) is 1.55.